The van der Waals surface area contributed by atoms with Gasteiger partial charge in [0.05, 0.1) is 0 Å². The minimum absolute atomic E-state index is 0.249. The fourth-order valence-corrected chi connectivity index (χ4v) is 3.63. The van der Waals surface area contributed by atoms with Crippen molar-refractivity contribution >= 4 is 21.9 Å². The van der Waals surface area contributed by atoms with Gasteiger partial charge in [-0.3, -0.25) is 0 Å². The van der Waals surface area contributed by atoms with Crippen LogP contribution in [0.1, 0.15) is 0 Å². The maximum atomic E-state index is 10.7. The molecule has 1 heterocycles. The van der Waals surface area contributed by atoms with Gasteiger partial charge in [-0.1, -0.05) is 78.9 Å². The second-order valence-corrected chi connectivity index (χ2v) is 6.35. The SMILES string of the molecule is Oc1cccc(-c2ccccc2)c1-c1cccc2c1oc1ccccc12. The van der Waals surface area contributed by atoms with E-state index in [1.54, 1.807) is 6.07 Å². The first-order chi connectivity index (χ1) is 12.8. The highest BCUT2D eigenvalue weighted by atomic mass is 16.3. The Balaban J connectivity index is 1.87. The third kappa shape index (κ3) is 2.20. The average Bonchev–Trinajstić information content (AvgIpc) is 3.07. The molecule has 0 radical (unpaired) electrons. The second kappa shape index (κ2) is 5.78. The predicted octanol–water partition coefficient (Wildman–Crippen LogP) is 6.63. The maximum Gasteiger partial charge on any atom is 0.143 e. The first-order valence-electron chi connectivity index (χ1n) is 8.61. The zero-order valence-corrected chi connectivity index (χ0v) is 14.0. The molecule has 4 aromatic carbocycles. The summed E-state index contributed by atoms with van der Waals surface area (Å²) in [5.74, 6) is 0.249. The Hall–Kier alpha value is -3.52. The smallest absolute Gasteiger partial charge is 0.143 e. The molecule has 2 nitrogen and oxygen atoms in total. The number of benzene rings is 4. The standard InChI is InChI=1S/C24H16O2/c25-21-14-7-11-17(16-8-2-1-3-9-16)23(21)20-13-6-12-19-18-10-4-5-15-22(18)26-24(19)20/h1-15,25H. The molecule has 0 aliphatic heterocycles. The van der Waals surface area contributed by atoms with E-state index in [1.165, 1.54) is 0 Å². The molecule has 0 spiro atoms. The third-order valence-electron chi connectivity index (χ3n) is 4.80. The van der Waals surface area contributed by atoms with Crippen LogP contribution in [0.2, 0.25) is 0 Å². The molecule has 5 aromatic rings. The minimum Gasteiger partial charge on any atom is -0.507 e. The highest BCUT2D eigenvalue weighted by Gasteiger charge is 2.17. The number of fused-ring (bicyclic) bond motifs is 3. The van der Waals surface area contributed by atoms with Crippen molar-refractivity contribution in [3.63, 3.8) is 0 Å². The molecule has 2 heteroatoms. The summed E-state index contributed by atoms with van der Waals surface area (Å²) in [7, 11) is 0. The van der Waals surface area contributed by atoms with Gasteiger partial charge >= 0.3 is 0 Å². The van der Waals surface area contributed by atoms with E-state index in [0.29, 0.717) is 0 Å². The quantitative estimate of drug-likeness (QED) is 0.393. The number of phenols is 1. The lowest BCUT2D eigenvalue weighted by Crippen LogP contribution is -1.87. The Morgan fingerprint density at radius 2 is 1.27 bits per heavy atom. The maximum absolute atomic E-state index is 10.7. The van der Waals surface area contributed by atoms with Crippen molar-refractivity contribution in [2.24, 2.45) is 0 Å². The summed E-state index contributed by atoms with van der Waals surface area (Å²) in [6.45, 7) is 0. The monoisotopic (exact) mass is 336 g/mol. The zero-order valence-electron chi connectivity index (χ0n) is 14.0. The molecule has 0 unspecified atom stereocenters. The van der Waals surface area contributed by atoms with Crippen LogP contribution >= 0.6 is 0 Å². The molecule has 1 aromatic heterocycles. The van der Waals surface area contributed by atoms with Gasteiger partial charge in [0.2, 0.25) is 0 Å². The molecule has 124 valence electrons. The van der Waals surface area contributed by atoms with Crippen molar-refractivity contribution < 1.29 is 9.52 Å². The summed E-state index contributed by atoms with van der Waals surface area (Å²) in [6.07, 6.45) is 0. The first kappa shape index (κ1) is 14.8. The van der Waals surface area contributed by atoms with Gasteiger partial charge in [0, 0.05) is 21.9 Å². The van der Waals surface area contributed by atoms with E-state index in [4.69, 9.17) is 4.42 Å². The molecule has 0 saturated heterocycles. The van der Waals surface area contributed by atoms with Crippen LogP contribution < -0.4 is 0 Å². The molecule has 5 rings (SSSR count). The van der Waals surface area contributed by atoms with Crippen molar-refractivity contribution in [3.8, 4) is 28.0 Å². The first-order valence-corrected chi connectivity index (χ1v) is 8.61. The molecule has 0 fully saturated rings. The number of phenolic OH excluding ortho intramolecular Hbond substituents is 1. The van der Waals surface area contributed by atoms with Crippen LogP contribution in [0.25, 0.3) is 44.2 Å². The Kier molecular flexibility index (Phi) is 3.29. The van der Waals surface area contributed by atoms with Gasteiger partial charge in [-0.2, -0.15) is 0 Å². The Morgan fingerprint density at radius 1 is 0.577 bits per heavy atom. The Morgan fingerprint density at radius 3 is 2.15 bits per heavy atom. The molecular weight excluding hydrogens is 320 g/mol. The van der Waals surface area contributed by atoms with Crippen LogP contribution in [0.3, 0.4) is 0 Å². The molecule has 0 aliphatic carbocycles. The summed E-state index contributed by atoms with van der Waals surface area (Å²) in [5.41, 5.74) is 5.39. The lowest BCUT2D eigenvalue weighted by molar-refractivity contribution is 0.477. The topological polar surface area (TPSA) is 33.4 Å². The van der Waals surface area contributed by atoms with Crippen molar-refractivity contribution in [3.05, 3.63) is 91.0 Å². The zero-order chi connectivity index (χ0) is 17.5. The Bertz CT molecular complexity index is 1230. The lowest BCUT2D eigenvalue weighted by Gasteiger charge is -2.12. The minimum atomic E-state index is 0.249. The summed E-state index contributed by atoms with van der Waals surface area (Å²) < 4.78 is 6.17. The fourth-order valence-electron chi connectivity index (χ4n) is 3.63. The summed E-state index contributed by atoms with van der Waals surface area (Å²) in [5, 5.41) is 12.8. The predicted molar refractivity (Wildman–Crippen MR) is 106 cm³/mol. The third-order valence-corrected chi connectivity index (χ3v) is 4.80. The molecule has 0 atom stereocenters. The van der Waals surface area contributed by atoms with Gasteiger partial charge in [0.1, 0.15) is 16.9 Å². The summed E-state index contributed by atoms with van der Waals surface area (Å²) in [6, 6.07) is 29.8. The highest BCUT2D eigenvalue weighted by molar-refractivity contribution is 6.11. The van der Waals surface area contributed by atoms with E-state index in [0.717, 1.165) is 44.2 Å². The van der Waals surface area contributed by atoms with Gasteiger partial charge in [0.25, 0.3) is 0 Å². The van der Waals surface area contributed by atoms with Crippen LogP contribution in [-0.4, -0.2) is 5.11 Å². The number of hydrogen-bond donors (Lipinski definition) is 1. The molecular formula is C24H16O2. The second-order valence-electron chi connectivity index (χ2n) is 6.35. The van der Waals surface area contributed by atoms with E-state index in [1.807, 2.05) is 60.7 Å². The molecule has 0 saturated carbocycles. The molecule has 0 bridgehead atoms. The van der Waals surface area contributed by atoms with Crippen molar-refractivity contribution in [1.82, 2.24) is 0 Å². The number of aromatic hydroxyl groups is 1. The average molecular weight is 336 g/mol. The van der Waals surface area contributed by atoms with Crippen molar-refractivity contribution in [1.29, 1.82) is 0 Å². The summed E-state index contributed by atoms with van der Waals surface area (Å²) in [4.78, 5) is 0. The number of para-hydroxylation sites is 2. The Labute approximate surface area is 150 Å². The summed E-state index contributed by atoms with van der Waals surface area (Å²) >= 11 is 0. The van der Waals surface area contributed by atoms with Crippen LogP contribution in [0.5, 0.6) is 5.75 Å². The largest absolute Gasteiger partial charge is 0.507 e. The van der Waals surface area contributed by atoms with Crippen LogP contribution in [0, 0.1) is 0 Å². The van der Waals surface area contributed by atoms with Gasteiger partial charge in [0.15, 0.2) is 0 Å². The van der Waals surface area contributed by atoms with Crippen LogP contribution in [0.4, 0.5) is 0 Å². The van der Waals surface area contributed by atoms with Crippen LogP contribution in [-0.2, 0) is 0 Å². The van der Waals surface area contributed by atoms with Gasteiger partial charge in [-0.05, 0) is 23.3 Å². The molecule has 1 N–H and O–H groups in total. The molecule has 0 aliphatic rings. The fraction of sp³-hybridized carbons (Fsp3) is 0. The van der Waals surface area contributed by atoms with Gasteiger partial charge in [-0.15, -0.1) is 0 Å². The van der Waals surface area contributed by atoms with Gasteiger partial charge in [-0.25, -0.2) is 0 Å². The van der Waals surface area contributed by atoms with E-state index < -0.39 is 0 Å². The molecule has 0 amide bonds. The van der Waals surface area contributed by atoms with E-state index >= 15 is 0 Å². The lowest BCUT2D eigenvalue weighted by atomic mass is 9.92. The van der Waals surface area contributed by atoms with E-state index in [2.05, 4.69) is 24.3 Å². The van der Waals surface area contributed by atoms with E-state index in [9.17, 15) is 5.11 Å². The normalized spacial score (nSPS) is 11.2. The number of rotatable bonds is 2. The highest BCUT2D eigenvalue weighted by Crippen LogP contribution is 2.43. The van der Waals surface area contributed by atoms with Crippen molar-refractivity contribution in [2.45, 2.75) is 0 Å². The van der Waals surface area contributed by atoms with Crippen molar-refractivity contribution in [2.75, 3.05) is 0 Å². The number of hydrogen-bond acceptors (Lipinski definition) is 2. The van der Waals surface area contributed by atoms with Gasteiger partial charge < -0.3 is 9.52 Å². The number of furan rings is 1. The van der Waals surface area contributed by atoms with Crippen LogP contribution in [0.15, 0.2) is 95.4 Å². The molecule has 26 heavy (non-hydrogen) atoms. The van der Waals surface area contributed by atoms with E-state index in [-0.39, 0.29) is 5.75 Å².